The molecule has 0 aromatic carbocycles. The van der Waals surface area contributed by atoms with Gasteiger partial charge < -0.3 is 0 Å². The highest BCUT2D eigenvalue weighted by Crippen LogP contribution is 2.26. The van der Waals surface area contributed by atoms with Crippen LogP contribution in [0.15, 0.2) is 0 Å². The van der Waals surface area contributed by atoms with Gasteiger partial charge in [-0.3, -0.25) is 4.79 Å². The normalized spacial score (nSPS) is 22.3. The van der Waals surface area contributed by atoms with Crippen LogP contribution in [0.4, 0.5) is 0 Å². The molecule has 1 saturated carbocycles. The fourth-order valence-electron chi connectivity index (χ4n) is 1.65. The molecule has 0 bridgehead atoms. The molecule has 71 valence electrons. The first-order chi connectivity index (χ1) is 6.25. The van der Waals surface area contributed by atoms with Gasteiger partial charge in [-0.15, -0.1) is 0 Å². The molecule has 0 spiro atoms. The number of hydrogen-bond donors (Lipinski definition) is 0. The van der Waals surface area contributed by atoms with Crippen molar-refractivity contribution >= 4 is 40.5 Å². The average Bonchev–Trinajstić information content (AvgIpc) is 2.43. The van der Waals surface area contributed by atoms with Crippen molar-refractivity contribution in [3.63, 3.8) is 0 Å². The number of thiocarbonyl (C=S) groups is 2. The Bertz CT molecular complexity index is 223. The third kappa shape index (κ3) is 3.24. The Morgan fingerprint density at radius 1 is 1.38 bits per heavy atom. The first kappa shape index (κ1) is 10.9. The molecule has 0 aromatic rings. The molecule has 0 heterocycles. The molecule has 0 aliphatic heterocycles. The largest absolute Gasteiger partial charge is 0.291 e. The lowest BCUT2D eigenvalue weighted by atomic mass is 10.00. The molecule has 1 rings (SSSR count). The van der Waals surface area contributed by atoms with Gasteiger partial charge in [0.1, 0.15) is 0 Å². The molecular weight excluding hydrogens is 200 g/mol. The van der Waals surface area contributed by atoms with E-state index in [1.807, 2.05) is 6.29 Å². The summed E-state index contributed by atoms with van der Waals surface area (Å²) in [6.45, 7) is 0. The Labute approximate surface area is 89.9 Å². The molecule has 1 fully saturated rings. The summed E-state index contributed by atoms with van der Waals surface area (Å²) in [5.41, 5.74) is 0. The molecule has 1 atom stereocenters. The van der Waals surface area contributed by atoms with Crippen LogP contribution in [0.5, 0.6) is 0 Å². The molecule has 1 nitrogen and oxygen atoms in total. The van der Waals surface area contributed by atoms with Crippen LogP contribution in [-0.4, -0.2) is 16.0 Å². The average molecular weight is 213 g/mol. The number of hydrogen-bond acceptors (Lipinski definition) is 3. The van der Waals surface area contributed by atoms with Crippen LogP contribution in [0.25, 0.3) is 0 Å². The Morgan fingerprint density at radius 2 is 2.15 bits per heavy atom. The van der Waals surface area contributed by atoms with Gasteiger partial charge in [-0.25, -0.2) is 0 Å². The van der Waals surface area contributed by atoms with Crippen LogP contribution in [0.3, 0.4) is 0 Å². The van der Waals surface area contributed by atoms with E-state index < -0.39 is 0 Å². The minimum Gasteiger partial charge on any atom is -0.291 e. The minimum absolute atomic E-state index is 0.522. The maximum Gasteiger partial charge on any atom is 0.198 e. The van der Waals surface area contributed by atoms with Gasteiger partial charge in [0.05, 0.1) is 0 Å². The zero-order valence-corrected chi connectivity index (χ0v) is 9.18. The SMILES string of the molecule is O=[C]CCCCC1CCC(=S)C1=S. The van der Waals surface area contributed by atoms with Gasteiger partial charge in [-0.05, 0) is 31.6 Å². The van der Waals surface area contributed by atoms with Crippen LogP contribution >= 0.6 is 24.4 Å². The van der Waals surface area contributed by atoms with Crippen LogP contribution in [0.2, 0.25) is 0 Å². The van der Waals surface area contributed by atoms with Crippen molar-refractivity contribution in [3.05, 3.63) is 0 Å². The molecule has 0 N–H and O–H groups in total. The molecule has 1 unspecified atom stereocenters. The fraction of sp³-hybridized carbons (Fsp3) is 0.700. The zero-order valence-electron chi connectivity index (χ0n) is 7.54. The van der Waals surface area contributed by atoms with E-state index in [0.29, 0.717) is 12.3 Å². The van der Waals surface area contributed by atoms with Crippen molar-refractivity contribution in [2.24, 2.45) is 5.92 Å². The van der Waals surface area contributed by atoms with Crippen LogP contribution in [-0.2, 0) is 4.79 Å². The van der Waals surface area contributed by atoms with Crippen molar-refractivity contribution in [1.29, 1.82) is 0 Å². The van der Waals surface area contributed by atoms with Gasteiger partial charge >= 0.3 is 0 Å². The third-order valence-electron chi connectivity index (χ3n) is 2.45. The fourth-order valence-corrected chi connectivity index (χ4v) is 2.27. The summed E-state index contributed by atoms with van der Waals surface area (Å²) in [6, 6.07) is 0. The molecule has 1 aliphatic rings. The van der Waals surface area contributed by atoms with Gasteiger partial charge in [0.25, 0.3) is 0 Å². The molecule has 0 amide bonds. The standard InChI is InChI=1S/C10H13OS2/c11-7-3-1-2-4-8-5-6-9(12)10(8)13/h8H,1-6H2. The van der Waals surface area contributed by atoms with E-state index in [1.165, 1.54) is 0 Å². The Balaban J connectivity index is 2.19. The second kappa shape index (κ2) is 5.55. The van der Waals surface area contributed by atoms with Crippen LogP contribution in [0, 0.1) is 5.92 Å². The Morgan fingerprint density at radius 3 is 2.69 bits per heavy atom. The van der Waals surface area contributed by atoms with Gasteiger partial charge in [0.2, 0.25) is 0 Å². The van der Waals surface area contributed by atoms with E-state index in [2.05, 4.69) is 0 Å². The van der Waals surface area contributed by atoms with E-state index in [9.17, 15) is 4.79 Å². The number of rotatable bonds is 5. The Hall–Kier alpha value is -0.150. The smallest absolute Gasteiger partial charge is 0.198 e. The molecular formula is C10H13OS2. The van der Waals surface area contributed by atoms with E-state index in [0.717, 1.165) is 41.8 Å². The lowest BCUT2D eigenvalue weighted by molar-refractivity contribution is 0.534. The highest BCUT2D eigenvalue weighted by atomic mass is 32.1. The van der Waals surface area contributed by atoms with E-state index >= 15 is 0 Å². The molecule has 13 heavy (non-hydrogen) atoms. The van der Waals surface area contributed by atoms with Crippen molar-refractivity contribution in [2.75, 3.05) is 0 Å². The second-order valence-corrected chi connectivity index (χ2v) is 4.35. The van der Waals surface area contributed by atoms with Crippen LogP contribution < -0.4 is 0 Å². The number of unbranched alkanes of at least 4 members (excludes halogenated alkanes) is 2. The zero-order chi connectivity index (χ0) is 9.68. The summed E-state index contributed by atoms with van der Waals surface area (Å²) in [5, 5.41) is 0. The lowest BCUT2D eigenvalue weighted by Gasteiger charge is -2.07. The highest BCUT2D eigenvalue weighted by Gasteiger charge is 2.24. The first-order valence-electron chi connectivity index (χ1n) is 4.67. The predicted molar refractivity (Wildman–Crippen MR) is 62.1 cm³/mol. The maximum absolute atomic E-state index is 9.95. The summed E-state index contributed by atoms with van der Waals surface area (Å²) >= 11 is 10.3. The summed E-state index contributed by atoms with van der Waals surface area (Å²) in [5.74, 6) is 0.522. The summed E-state index contributed by atoms with van der Waals surface area (Å²) in [7, 11) is 0. The highest BCUT2D eigenvalue weighted by molar-refractivity contribution is 7.89. The van der Waals surface area contributed by atoms with Crippen molar-refractivity contribution < 1.29 is 4.79 Å². The maximum atomic E-state index is 9.95. The molecule has 1 aliphatic carbocycles. The third-order valence-corrected chi connectivity index (χ3v) is 3.58. The number of carbonyl (C=O) groups excluding carboxylic acids is 1. The predicted octanol–water partition coefficient (Wildman–Crippen LogP) is 2.81. The van der Waals surface area contributed by atoms with Crippen molar-refractivity contribution in [3.8, 4) is 0 Å². The van der Waals surface area contributed by atoms with Crippen molar-refractivity contribution in [2.45, 2.75) is 38.5 Å². The minimum atomic E-state index is 0.522. The van der Waals surface area contributed by atoms with Gasteiger partial charge in [0.15, 0.2) is 6.29 Å². The van der Waals surface area contributed by atoms with E-state index in [-0.39, 0.29) is 0 Å². The van der Waals surface area contributed by atoms with Gasteiger partial charge in [-0.1, -0.05) is 30.9 Å². The monoisotopic (exact) mass is 213 g/mol. The molecule has 3 heteroatoms. The molecule has 0 saturated heterocycles. The lowest BCUT2D eigenvalue weighted by Crippen LogP contribution is -2.09. The quantitative estimate of drug-likeness (QED) is 0.516. The van der Waals surface area contributed by atoms with E-state index in [4.69, 9.17) is 24.4 Å². The van der Waals surface area contributed by atoms with Gasteiger partial charge in [0, 0.05) is 16.1 Å². The van der Waals surface area contributed by atoms with E-state index in [1.54, 1.807) is 0 Å². The summed E-state index contributed by atoms with van der Waals surface area (Å²) in [4.78, 5) is 11.9. The Kier molecular flexibility index (Phi) is 4.67. The van der Waals surface area contributed by atoms with Gasteiger partial charge in [-0.2, -0.15) is 0 Å². The topological polar surface area (TPSA) is 17.1 Å². The molecule has 1 radical (unpaired) electrons. The molecule has 0 aromatic heterocycles. The van der Waals surface area contributed by atoms with Crippen LogP contribution in [0.1, 0.15) is 38.5 Å². The summed E-state index contributed by atoms with van der Waals surface area (Å²) in [6.07, 6.45) is 7.70. The first-order valence-corrected chi connectivity index (χ1v) is 5.49. The van der Waals surface area contributed by atoms with Crippen molar-refractivity contribution in [1.82, 2.24) is 0 Å². The second-order valence-electron chi connectivity index (χ2n) is 3.41. The summed E-state index contributed by atoms with van der Waals surface area (Å²) < 4.78 is 0.